The van der Waals surface area contributed by atoms with Crippen molar-refractivity contribution in [1.29, 1.82) is 0 Å². The van der Waals surface area contributed by atoms with Crippen LogP contribution < -0.4 is 0 Å². The van der Waals surface area contributed by atoms with Crippen LogP contribution in [0.15, 0.2) is 12.7 Å². The van der Waals surface area contributed by atoms with E-state index in [0.717, 1.165) is 0 Å². The van der Waals surface area contributed by atoms with Crippen molar-refractivity contribution in [2.24, 2.45) is 0 Å². The van der Waals surface area contributed by atoms with Crippen LogP contribution in [-0.2, 0) is 0 Å². The zero-order chi connectivity index (χ0) is 23.6. The molecular weight excluding hydrogens is 400 g/mol. The van der Waals surface area contributed by atoms with E-state index in [2.05, 4.69) is 33.0 Å². The second-order valence-corrected chi connectivity index (χ2v) is 16.3. The third-order valence-electron chi connectivity index (χ3n) is 7.71. The molecule has 0 N–H and O–H groups in total. The molecule has 0 aromatic heterocycles. The summed E-state index contributed by atoms with van der Waals surface area (Å²) in [6, 6.07) is 4.86. The molecule has 0 saturated carbocycles. The van der Waals surface area contributed by atoms with E-state index in [9.17, 15) is 0 Å². The lowest BCUT2D eigenvalue weighted by Crippen LogP contribution is -2.29. The monoisotopic (exact) mass is 464 g/mol. The summed E-state index contributed by atoms with van der Waals surface area (Å²) < 4.78 is 0. The second kappa shape index (κ2) is 25.6. The van der Waals surface area contributed by atoms with Gasteiger partial charge in [-0.3, -0.25) is 0 Å². The van der Waals surface area contributed by atoms with Gasteiger partial charge >= 0.3 is 0 Å². The first-order valence-corrected chi connectivity index (χ1v) is 18.4. The standard InChI is InChI=1S/C31H64Si/c1-5-8-11-14-17-20-23-26-29-32(4,30-27-24-21-18-15-12-9-6-2)31-28-25-22-19-16-13-10-7-3/h5H,1,6-31H2,2-4H3. The van der Waals surface area contributed by atoms with E-state index in [0.29, 0.717) is 0 Å². The Morgan fingerprint density at radius 3 is 1.03 bits per heavy atom. The van der Waals surface area contributed by atoms with Gasteiger partial charge in [0.1, 0.15) is 0 Å². The third-order valence-corrected chi connectivity index (χ3v) is 12.4. The Bertz CT molecular complexity index is 341. The summed E-state index contributed by atoms with van der Waals surface area (Å²) >= 11 is 0. The molecule has 0 atom stereocenters. The molecule has 0 nitrogen and oxygen atoms in total. The van der Waals surface area contributed by atoms with Crippen molar-refractivity contribution in [1.82, 2.24) is 0 Å². The average molecular weight is 465 g/mol. The van der Waals surface area contributed by atoms with Gasteiger partial charge < -0.3 is 0 Å². The first kappa shape index (κ1) is 32.0. The Labute approximate surface area is 206 Å². The molecule has 0 amide bonds. The summed E-state index contributed by atoms with van der Waals surface area (Å²) in [5.41, 5.74) is 0. The van der Waals surface area contributed by atoms with Gasteiger partial charge in [0.05, 0.1) is 8.07 Å². The van der Waals surface area contributed by atoms with Gasteiger partial charge in [0.15, 0.2) is 0 Å². The van der Waals surface area contributed by atoms with Gasteiger partial charge in [-0.25, -0.2) is 0 Å². The van der Waals surface area contributed by atoms with Crippen LogP contribution in [0.2, 0.25) is 24.7 Å². The van der Waals surface area contributed by atoms with E-state index < -0.39 is 8.07 Å². The van der Waals surface area contributed by atoms with Crippen LogP contribution in [0.4, 0.5) is 0 Å². The lowest BCUT2D eigenvalue weighted by Gasteiger charge is -2.28. The average Bonchev–Trinajstić information content (AvgIpc) is 2.79. The lowest BCUT2D eigenvalue weighted by atomic mass is 10.1. The minimum absolute atomic E-state index is 1.01. The van der Waals surface area contributed by atoms with Gasteiger partial charge in [-0.2, -0.15) is 0 Å². The molecular formula is C31H64Si. The van der Waals surface area contributed by atoms with Gasteiger partial charge in [0.25, 0.3) is 0 Å². The van der Waals surface area contributed by atoms with Gasteiger partial charge in [-0.05, 0) is 12.8 Å². The fourth-order valence-electron chi connectivity index (χ4n) is 5.29. The molecule has 0 rings (SSSR count). The summed E-state index contributed by atoms with van der Waals surface area (Å²) in [6.07, 6.45) is 35.6. The Morgan fingerprint density at radius 2 is 0.719 bits per heavy atom. The normalized spacial score (nSPS) is 11.8. The summed E-state index contributed by atoms with van der Waals surface area (Å²) in [4.78, 5) is 0. The highest BCUT2D eigenvalue weighted by atomic mass is 28.3. The maximum atomic E-state index is 3.84. The number of hydrogen-bond acceptors (Lipinski definition) is 0. The van der Waals surface area contributed by atoms with Crippen molar-refractivity contribution in [2.75, 3.05) is 0 Å². The summed E-state index contributed by atoms with van der Waals surface area (Å²) in [5, 5.41) is 0. The van der Waals surface area contributed by atoms with E-state index in [1.54, 1.807) is 18.1 Å². The van der Waals surface area contributed by atoms with Crippen molar-refractivity contribution in [2.45, 2.75) is 186 Å². The Kier molecular flexibility index (Phi) is 25.5. The minimum atomic E-state index is -1.01. The van der Waals surface area contributed by atoms with Crippen LogP contribution in [0.1, 0.15) is 162 Å². The zero-order valence-corrected chi connectivity index (χ0v) is 24.2. The van der Waals surface area contributed by atoms with Crippen LogP contribution in [0.25, 0.3) is 0 Å². The Morgan fingerprint density at radius 1 is 0.438 bits per heavy atom. The van der Waals surface area contributed by atoms with Crippen molar-refractivity contribution in [3.8, 4) is 0 Å². The highest BCUT2D eigenvalue weighted by molar-refractivity contribution is 6.78. The molecule has 0 aliphatic carbocycles. The number of unbranched alkanes of at least 4 members (excludes halogenated alkanes) is 20. The molecule has 0 saturated heterocycles. The highest BCUT2D eigenvalue weighted by Gasteiger charge is 2.25. The minimum Gasteiger partial charge on any atom is -0.103 e. The molecule has 0 radical (unpaired) electrons. The lowest BCUT2D eigenvalue weighted by molar-refractivity contribution is 0.577. The van der Waals surface area contributed by atoms with Gasteiger partial charge in [-0.1, -0.05) is 179 Å². The first-order valence-electron chi connectivity index (χ1n) is 15.3. The predicted molar refractivity (Wildman–Crippen MR) is 154 cm³/mol. The van der Waals surface area contributed by atoms with Gasteiger partial charge in [-0.15, -0.1) is 6.58 Å². The summed E-state index contributed by atoms with van der Waals surface area (Å²) in [5.74, 6) is 0. The van der Waals surface area contributed by atoms with E-state index in [-0.39, 0.29) is 0 Å². The number of rotatable bonds is 27. The van der Waals surface area contributed by atoms with Crippen molar-refractivity contribution in [3.05, 3.63) is 12.7 Å². The second-order valence-electron chi connectivity index (χ2n) is 11.2. The van der Waals surface area contributed by atoms with Crippen LogP contribution >= 0.6 is 0 Å². The molecule has 0 aliphatic rings. The van der Waals surface area contributed by atoms with E-state index in [1.165, 1.54) is 148 Å². The molecule has 0 aromatic carbocycles. The Hall–Kier alpha value is -0.0431. The van der Waals surface area contributed by atoms with Crippen LogP contribution in [0.3, 0.4) is 0 Å². The molecule has 32 heavy (non-hydrogen) atoms. The molecule has 0 aromatic rings. The topological polar surface area (TPSA) is 0 Å². The highest BCUT2D eigenvalue weighted by Crippen LogP contribution is 2.30. The molecule has 0 aliphatic heterocycles. The largest absolute Gasteiger partial charge is 0.103 e. The van der Waals surface area contributed by atoms with Crippen molar-refractivity contribution >= 4 is 8.07 Å². The van der Waals surface area contributed by atoms with Crippen LogP contribution in [0.5, 0.6) is 0 Å². The van der Waals surface area contributed by atoms with E-state index >= 15 is 0 Å². The zero-order valence-electron chi connectivity index (χ0n) is 23.2. The Balaban J connectivity index is 4.05. The molecule has 0 unspecified atom stereocenters. The van der Waals surface area contributed by atoms with Crippen LogP contribution in [-0.4, -0.2) is 8.07 Å². The maximum Gasteiger partial charge on any atom is 0.0504 e. The smallest absolute Gasteiger partial charge is 0.0504 e. The molecule has 0 heterocycles. The van der Waals surface area contributed by atoms with Crippen LogP contribution in [0, 0.1) is 0 Å². The summed E-state index contributed by atoms with van der Waals surface area (Å²) in [6.45, 7) is 11.3. The predicted octanol–water partition coefficient (Wildman–Crippen LogP) is 12.3. The fourth-order valence-corrected chi connectivity index (χ4v) is 9.35. The molecule has 0 bridgehead atoms. The number of allylic oxidation sites excluding steroid dienone is 1. The maximum absolute atomic E-state index is 3.84. The third kappa shape index (κ3) is 23.1. The fraction of sp³-hybridized carbons (Fsp3) is 0.935. The van der Waals surface area contributed by atoms with Gasteiger partial charge in [0.2, 0.25) is 0 Å². The first-order chi connectivity index (χ1) is 15.7. The SMILES string of the molecule is C=CCCCCCCCC[Si](C)(CCCCCCCCCC)CCCCCCCCCC. The molecule has 192 valence electrons. The van der Waals surface area contributed by atoms with Gasteiger partial charge in [0, 0.05) is 0 Å². The summed E-state index contributed by atoms with van der Waals surface area (Å²) in [7, 11) is -1.01. The molecule has 0 spiro atoms. The molecule has 1 heteroatoms. The quantitative estimate of drug-likeness (QED) is 0.0643. The number of hydrogen-bond donors (Lipinski definition) is 0. The van der Waals surface area contributed by atoms with Crippen molar-refractivity contribution in [3.63, 3.8) is 0 Å². The van der Waals surface area contributed by atoms with E-state index in [4.69, 9.17) is 0 Å². The molecule has 0 fully saturated rings. The van der Waals surface area contributed by atoms with Crippen molar-refractivity contribution < 1.29 is 0 Å². The van der Waals surface area contributed by atoms with E-state index in [1.807, 2.05) is 0 Å².